The molecule has 0 saturated carbocycles. The molecule has 0 aliphatic rings. The van der Waals surface area contributed by atoms with Crippen molar-refractivity contribution < 1.29 is 20.6 Å². The Morgan fingerprint density at radius 3 is 2.64 bits per heavy atom. The fourth-order valence-electron chi connectivity index (χ4n) is 1.68. The van der Waals surface area contributed by atoms with Crippen molar-refractivity contribution >= 4 is 11.8 Å². The fourth-order valence-corrected chi connectivity index (χ4v) is 1.68. The standard InChI is InChI=1S/C16H26N4O2/c1-19-10-6-5-9-14(15(18)21)20-16(22)13(17)11-12-7-3-2-4-8-12/h2-4,7-8,13-14,19H,5-6,9-11,17H2,1H3,(H2,18,21)(H,20,22)/t13-,14-/m0/s1/i2D,3D,4D,7D,8D,11D2,13D. The van der Waals surface area contributed by atoms with Gasteiger partial charge < -0.3 is 22.1 Å². The lowest BCUT2D eigenvalue weighted by molar-refractivity contribution is -0.128. The second-order valence-electron chi connectivity index (χ2n) is 4.57. The summed E-state index contributed by atoms with van der Waals surface area (Å²) in [7, 11) is 1.75. The number of hydrogen-bond donors (Lipinski definition) is 4. The summed E-state index contributed by atoms with van der Waals surface area (Å²) in [5, 5.41) is 5.06. The molecular formula is C16H26N4O2. The molecule has 1 aromatic carbocycles. The predicted molar refractivity (Wildman–Crippen MR) is 87.0 cm³/mol. The summed E-state index contributed by atoms with van der Waals surface area (Å²) in [6.45, 7) is 0.663. The third-order valence-corrected chi connectivity index (χ3v) is 2.82. The van der Waals surface area contributed by atoms with E-state index in [-0.39, 0.29) is 6.42 Å². The SMILES string of the molecule is [2H]c1c([2H])c([2H])c(C([2H])([2H])[C@]([2H])(N)C(=O)N[C@@H](CCCCNC)C(N)=O)c([2H])c1[2H]. The van der Waals surface area contributed by atoms with E-state index >= 15 is 0 Å². The van der Waals surface area contributed by atoms with Crippen molar-refractivity contribution in [2.24, 2.45) is 11.5 Å². The summed E-state index contributed by atoms with van der Waals surface area (Å²) < 4.78 is 63.2. The Morgan fingerprint density at radius 2 is 2.05 bits per heavy atom. The van der Waals surface area contributed by atoms with Crippen LogP contribution in [0.5, 0.6) is 0 Å². The van der Waals surface area contributed by atoms with E-state index in [1.54, 1.807) is 7.05 Å². The highest BCUT2D eigenvalue weighted by atomic mass is 16.2. The van der Waals surface area contributed by atoms with Crippen LogP contribution < -0.4 is 22.1 Å². The Morgan fingerprint density at radius 1 is 1.36 bits per heavy atom. The van der Waals surface area contributed by atoms with Gasteiger partial charge in [0.25, 0.3) is 0 Å². The Labute approximate surface area is 142 Å². The van der Waals surface area contributed by atoms with Gasteiger partial charge in [-0.1, -0.05) is 30.2 Å². The van der Waals surface area contributed by atoms with Crippen molar-refractivity contribution in [3.05, 3.63) is 35.8 Å². The molecule has 0 heterocycles. The van der Waals surface area contributed by atoms with E-state index in [0.29, 0.717) is 19.4 Å². The molecule has 0 aliphatic carbocycles. The summed E-state index contributed by atoms with van der Waals surface area (Å²) in [6.07, 6.45) is -1.89. The van der Waals surface area contributed by atoms with E-state index in [1.165, 1.54) is 0 Å². The molecule has 22 heavy (non-hydrogen) atoms. The highest BCUT2D eigenvalue weighted by Gasteiger charge is 2.21. The molecule has 0 unspecified atom stereocenters. The minimum atomic E-state index is -3.20. The maximum Gasteiger partial charge on any atom is 0.240 e. The van der Waals surface area contributed by atoms with Crippen molar-refractivity contribution in [1.82, 2.24) is 10.6 Å². The van der Waals surface area contributed by atoms with Crippen LogP contribution >= 0.6 is 0 Å². The summed E-state index contributed by atoms with van der Waals surface area (Å²) in [5.41, 5.74) is 10.00. The number of nitrogens with two attached hydrogens (primary N) is 2. The Bertz CT molecular complexity index is 790. The maximum atomic E-state index is 12.6. The third kappa shape index (κ3) is 6.69. The molecule has 6 nitrogen and oxygen atoms in total. The first-order valence-corrected chi connectivity index (χ1v) is 6.82. The second-order valence-corrected chi connectivity index (χ2v) is 4.57. The number of nitrogens with one attached hydrogen (secondary N) is 2. The van der Waals surface area contributed by atoms with Gasteiger partial charge >= 0.3 is 0 Å². The van der Waals surface area contributed by atoms with Gasteiger partial charge in [0.1, 0.15) is 6.04 Å². The summed E-state index contributed by atoms with van der Waals surface area (Å²) >= 11 is 0. The smallest absolute Gasteiger partial charge is 0.240 e. The van der Waals surface area contributed by atoms with Gasteiger partial charge in [0.2, 0.25) is 11.8 Å². The summed E-state index contributed by atoms with van der Waals surface area (Å²) in [6, 6.07) is -8.58. The van der Waals surface area contributed by atoms with Crippen molar-refractivity contribution in [3.63, 3.8) is 0 Å². The lowest BCUT2D eigenvalue weighted by atomic mass is 10.0. The molecule has 6 N–H and O–H groups in total. The van der Waals surface area contributed by atoms with Gasteiger partial charge in [-0.3, -0.25) is 9.59 Å². The molecule has 122 valence electrons. The van der Waals surface area contributed by atoms with Gasteiger partial charge in [0.15, 0.2) is 0 Å². The number of amides is 2. The number of carbonyl (C=O) groups is 2. The number of unbranched alkanes of at least 4 members (excludes halogenated alkanes) is 1. The molecule has 0 fully saturated rings. The van der Waals surface area contributed by atoms with E-state index < -0.39 is 66.0 Å². The van der Waals surface area contributed by atoms with Crippen LogP contribution in [0.2, 0.25) is 0 Å². The zero-order valence-electron chi connectivity index (χ0n) is 20.4. The van der Waals surface area contributed by atoms with Crippen molar-refractivity contribution in [3.8, 4) is 0 Å². The van der Waals surface area contributed by atoms with Crippen LogP contribution in [0, 0.1) is 0 Å². The van der Waals surface area contributed by atoms with Crippen LogP contribution in [-0.4, -0.2) is 37.5 Å². The maximum absolute atomic E-state index is 12.6. The Hall–Kier alpha value is -1.92. The minimum absolute atomic E-state index is 0.135. The largest absolute Gasteiger partial charge is 0.368 e. The average Bonchev–Trinajstić information content (AvgIpc) is 2.66. The molecule has 6 heteroatoms. The zero-order valence-corrected chi connectivity index (χ0v) is 12.4. The topological polar surface area (TPSA) is 110 Å². The third-order valence-electron chi connectivity index (χ3n) is 2.82. The number of primary amides is 1. The van der Waals surface area contributed by atoms with Crippen LogP contribution in [-0.2, 0) is 16.0 Å². The Balaban J connectivity index is 3.25. The molecule has 0 bridgehead atoms. The highest BCUT2D eigenvalue weighted by molar-refractivity contribution is 5.89. The second kappa shape index (κ2) is 9.92. The van der Waals surface area contributed by atoms with E-state index in [1.807, 2.05) is 0 Å². The monoisotopic (exact) mass is 314 g/mol. The molecule has 1 aromatic rings. The van der Waals surface area contributed by atoms with Gasteiger partial charge in [-0.25, -0.2) is 0 Å². The molecular weight excluding hydrogens is 280 g/mol. The number of hydrogen-bond acceptors (Lipinski definition) is 4. The van der Waals surface area contributed by atoms with Crippen LogP contribution in [0.15, 0.2) is 30.2 Å². The van der Waals surface area contributed by atoms with E-state index in [9.17, 15) is 9.59 Å². The van der Waals surface area contributed by atoms with Gasteiger partial charge in [0.05, 0.1) is 14.2 Å². The molecule has 0 aliphatic heterocycles. The van der Waals surface area contributed by atoms with E-state index in [4.69, 9.17) is 22.4 Å². The first-order chi connectivity index (χ1) is 13.7. The molecule has 0 aromatic heterocycles. The van der Waals surface area contributed by atoms with Gasteiger partial charge in [0, 0.05) is 2.74 Å². The fraction of sp³-hybridized carbons (Fsp3) is 0.500. The first kappa shape index (κ1) is 9.27. The summed E-state index contributed by atoms with van der Waals surface area (Å²) in [5.74, 6) is -2.30. The highest BCUT2D eigenvalue weighted by Crippen LogP contribution is 2.04. The van der Waals surface area contributed by atoms with Crippen molar-refractivity contribution in [2.45, 2.75) is 37.7 Å². The number of rotatable bonds is 10. The van der Waals surface area contributed by atoms with Gasteiger partial charge in [-0.15, -0.1) is 0 Å². The molecule has 2 atom stereocenters. The van der Waals surface area contributed by atoms with Gasteiger partial charge in [-0.2, -0.15) is 0 Å². The summed E-state index contributed by atoms with van der Waals surface area (Å²) in [4.78, 5) is 24.3. The van der Waals surface area contributed by atoms with E-state index in [2.05, 4.69) is 10.6 Å². The quantitative estimate of drug-likeness (QED) is 0.453. The minimum Gasteiger partial charge on any atom is -0.368 e. The molecule has 1 rings (SSSR count). The Kier molecular flexibility index (Phi) is 4.18. The first-order valence-electron chi connectivity index (χ1n) is 10.8. The van der Waals surface area contributed by atoms with Crippen molar-refractivity contribution in [2.75, 3.05) is 13.6 Å². The van der Waals surface area contributed by atoms with Gasteiger partial charge in [-0.05, 0) is 44.8 Å². The zero-order chi connectivity index (χ0) is 23.4. The van der Waals surface area contributed by atoms with Crippen LogP contribution in [0.1, 0.15) is 35.8 Å². The lowest BCUT2D eigenvalue weighted by Gasteiger charge is -2.18. The number of benzene rings is 1. The van der Waals surface area contributed by atoms with Crippen molar-refractivity contribution in [1.29, 1.82) is 0 Å². The number of carbonyl (C=O) groups excluding carboxylic acids is 2. The predicted octanol–water partition coefficient (Wildman–Crippen LogP) is -0.0838. The lowest BCUT2D eigenvalue weighted by Crippen LogP contribution is -2.51. The van der Waals surface area contributed by atoms with Crippen LogP contribution in [0.4, 0.5) is 0 Å². The molecule has 0 radical (unpaired) electrons. The van der Waals surface area contributed by atoms with Crippen LogP contribution in [0.25, 0.3) is 0 Å². The van der Waals surface area contributed by atoms with Crippen LogP contribution in [0.3, 0.4) is 0 Å². The normalized spacial score (nSPS) is 20.6. The average molecular weight is 314 g/mol. The molecule has 0 spiro atoms. The van der Waals surface area contributed by atoms with E-state index in [0.717, 1.165) is 0 Å². The molecule has 2 amide bonds. The molecule has 0 saturated heterocycles.